The molecule has 0 aliphatic carbocycles. The first-order chi connectivity index (χ1) is 8.35. The summed E-state index contributed by atoms with van der Waals surface area (Å²) in [5, 5.41) is 0. The number of imidazole rings is 1. The highest BCUT2D eigenvalue weighted by Gasteiger charge is 2.31. The lowest BCUT2D eigenvalue weighted by Gasteiger charge is -2.24. The van der Waals surface area contributed by atoms with Crippen molar-refractivity contribution < 1.29 is 9.53 Å². The number of ether oxygens (including phenoxy) is 1. The van der Waals surface area contributed by atoms with Gasteiger partial charge < -0.3 is 14.6 Å². The molecular weight excluding hydrogens is 230 g/mol. The largest absolute Gasteiger partial charge is 0.444 e. The van der Waals surface area contributed by atoms with E-state index in [1.165, 1.54) is 0 Å². The summed E-state index contributed by atoms with van der Waals surface area (Å²) in [6, 6.07) is 0. The summed E-state index contributed by atoms with van der Waals surface area (Å²) in [5.74, 6) is 1.27. The lowest BCUT2D eigenvalue weighted by atomic mass is 10.1. The van der Waals surface area contributed by atoms with Gasteiger partial charge in [-0.3, -0.25) is 0 Å². The van der Waals surface area contributed by atoms with E-state index < -0.39 is 5.60 Å². The van der Waals surface area contributed by atoms with E-state index in [0.29, 0.717) is 12.5 Å². The fourth-order valence-corrected chi connectivity index (χ4v) is 2.12. The van der Waals surface area contributed by atoms with E-state index in [1.807, 2.05) is 33.9 Å². The van der Waals surface area contributed by atoms with Gasteiger partial charge in [-0.05, 0) is 34.1 Å². The summed E-state index contributed by atoms with van der Waals surface area (Å²) < 4.78 is 5.37. The van der Waals surface area contributed by atoms with Gasteiger partial charge in [0, 0.05) is 30.9 Å². The van der Waals surface area contributed by atoms with Crippen LogP contribution in [0.25, 0.3) is 0 Å². The highest BCUT2D eigenvalue weighted by Crippen LogP contribution is 2.26. The van der Waals surface area contributed by atoms with Gasteiger partial charge in [0.15, 0.2) is 0 Å². The Morgan fingerprint density at radius 2 is 2.28 bits per heavy atom. The average molecular weight is 251 g/mol. The maximum absolute atomic E-state index is 11.9. The zero-order valence-electron chi connectivity index (χ0n) is 11.5. The van der Waals surface area contributed by atoms with Crippen LogP contribution in [0.2, 0.25) is 0 Å². The molecule has 1 aliphatic rings. The molecular formula is C13H21N3O2. The summed E-state index contributed by atoms with van der Waals surface area (Å²) in [4.78, 5) is 21.2. The third kappa shape index (κ3) is 3.03. The Morgan fingerprint density at radius 3 is 2.83 bits per heavy atom. The fourth-order valence-electron chi connectivity index (χ4n) is 2.12. The molecule has 18 heavy (non-hydrogen) atoms. The molecule has 1 N–H and O–H groups in total. The molecule has 1 unspecified atom stereocenters. The van der Waals surface area contributed by atoms with Gasteiger partial charge in [-0.2, -0.15) is 0 Å². The van der Waals surface area contributed by atoms with Crippen LogP contribution in [0.1, 0.15) is 44.6 Å². The molecule has 5 heteroatoms. The van der Waals surface area contributed by atoms with Crippen molar-refractivity contribution in [1.82, 2.24) is 14.9 Å². The van der Waals surface area contributed by atoms with Gasteiger partial charge in [0.05, 0.1) is 0 Å². The number of amides is 1. The van der Waals surface area contributed by atoms with E-state index in [4.69, 9.17) is 4.74 Å². The Hall–Kier alpha value is -1.52. The molecule has 0 bridgehead atoms. The first kappa shape index (κ1) is 12.9. The topological polar surface area (TPSA) is 58.2 Å². The van der Waals surface area contributed by atoms with Crippen LogP contribution >= 0.6 is 0 Å². The summed E-state index contributed by atoms with van der Waals surface area (Å²) in [6.45, 7) is 9.05. The van der Waals surface area contributed by atoms with Crippen LogP contribution in [0.5, 0.6) is 0 Å². The normalized spacial score (nSPS) is 20.2. The Labute approximate surface area is 108 Å². The molecule has 100 valence electrons. The molecule has 1 atom stereocenters. The second kappa shape index (κ2) is 4.63. The molecule has 1 fully saturated rings. The summed E-state index contributed by atoms with van der Waals surface area (Å²) >= 11 is 0. The Bertz CT molecular complexity index is 434. The summed E-state index contributed by atoms with van der Waals surface area (Å²) in [5.41, 5.74) is 0.622. The molecule has 2 rings (SSSR count). The second-order valence-corrected chi connectivity index (χ2v) is 5.86. The number of aryl methyl sites for hydroxylation is 1. The van der Waals surface area contributed by atoms with Gasteiger partial charge in [-0.25, -0.2) is 9.78 Å². The minimum absolute atomic E-state index is 0.228. The molecule has 2 heterocycles. The third-order valence-electron chi connectivity index (χ3n) is 2.95. The van der Waals surface area contributed by atoms with Gasteiger partial charge in [0.1, 0.15) is 11.4 Å². The van der Waals surface area contributed by atoms with Crippen molar-refractivity contribution in [2.75, 3.05) is 13.1 Å². The van der Waals surface area contributed by atoms with E-state index in [2.05, 4.69) is 9.97 Å². The predicted molar refractivity (Wildman–Crippen MR) is 68.5 cm³/mol. The Balaban J connectivity index is 1.94. The second-order valence-electron chi connectivity index (χ2n) is 5.86. The standard InChI is InChI=1S/C13H21N3O2/c1-9-7-14-11(15-9)10-5-6-16(8-10)12(17)18-13(2,3)4/h7,10H,5-6,8H2,1-4H3,(H,14,15). The van der Waals surface area contributed by atoms with E-state index in [9.17, 15) is 4.79 Å². The SMILES string of the molecule is Cc1cnc(C2CCN(C(=O)OC(C)(C)C)C2)[nH]1. The molecule has 1 saturated heterocycles. The van der Waals surface area contributed by atoms with Gasteiger partial charge in [0.2, 0.25) is 0 Å². The van der Waals surface area contributed by atoms with Crippen molar-refractivity contribution in [1.29, 1.82) is 0 Å². The van der Waals surface area contributed by atoms with Crippen LogP contribution in [0.4, 0.5) is 4.79 Å². The van der Waals surface area contributed by atoms with Crippen LogP contribution in [-0.2, 0) is 4.74 Å². The summed E-state index contributed by atoms with van der Waals surface area (Å²) in [6.07, 6.45) is 2.53. The number of carbonyl (C=O) groups excluding carboxylic acids is 1. The van der Waals surface area contributed by atoms with E-state index in [-0.39, 0.29) is 6.09 Å². The Kier molecular flexibility index (Phi) is 3.32. The fraction of sp³-hybridized carbons (Fsp3) is 0.692. The maximum atomic E-state index is 11.9. The zero-order chi connectivity index (χ0) is 13.3. The van der Waals surface area contributed by atoms with Crippen LogP contribution in [-0.4, -0.2) is 39.7 Å². The van der Waals surface area contributed by atoms with Crippen molar-refractivity contribution in [3.63, 3.8) is 0 Å². The van der Waals surface area contributed by atoms with Crippen molar-refractivity contribution in [3.8, 4) is 0 Å². The first-order valence-electron chi connectivity index (χ1n) is 6.34. The maximum Gasteiger partial charge on any atom is 0.410 e. The van der Waals surface area contributed by atoms with Crippen LogP contribution in [0, 0.1) is 6.92 Å². The van der Waals surface area contributed by atoms with Gasteiger partial charge in [-0.15, -0.1) is 0 Å². The smallest absolute Gasteiger partial charge is 0.410 e. The van der Waals surface area contributed by atoms with Crippen LogP contribution < -0.4 is 0 Å². The number of hydrogen-bond donors (Lipinski definition) is 1. The molecule has 0 spiro atoms. The predicted octanol–water partition coefficient (Wildman–Crippen LogP) is 2.44. The molecule has 1 amide bonds. The molecule has 0 radical (unpaired) electrons. The Morgan fingerprint density at radius 1 is 1.56 bits per heavy atom. The molecule has 5 nitrogen and oxygen atoms in total. The van der Waals surface area contributed by atoms with E-state index >= 15 is 0 Å². The van der Waals surface area contributed by atoms with Gasteiger partial charge in [-0.1, -0.05) is 0 Å². The number of aromatic amines is 1. The van der Waals surface area contributed by atoms with Crippen molar-refractivity contribution in [2.24, 2.45) is 0 Å². The minimum atomic E-state index is -0.434. The van der Waals surface area contributed by atoms with Gasteiger partial charge in [0.25, 0.3) is 0 Å². The lowest BCUT2D eigenvalue weighted by Crippen LogP contribution is -2.35. The monoisotopic (exact) mass is 251 g/mol. The zero-order valence-corrected chi connectivity index (χ0v) is 11.5. The number of nitrogens with one attached hydrogen (secondary N) is 1. The molecule has 1 aliphatic heterocycles. The van der Waals surface area contributed by atoms with Crippen molar-refractivity contribution in [2.45, 2.75) is 45.6 Å². The molecule has 0 aromatic carbocycles. The quantitative estimate of drug-likeness (QED) is 0.834. The molecule has 1 aromatic rings. The number of rotatable bonds is 1. The average Bonchev–Trinajstić information content (AvgIpc) is 2.82. The number of H-pyrrole nitrogens is 1. The number of aromatic nitrogens is 2. The van der Waals surface area contributed by atoms with E-state index in [1.54, 1.807) is 4.90 Å². The summed E-state index contributed by atoms with van der Waals surface area (Å²) in [7, 11) is 0. The van der Waals surface area contributed by atoms with Crippen molar-refractivity contribution in [3.05, 3.63) is 17.7 Å². The molecule has 0 saturated carbocycles. The van der Waals surface area contributed by atoms with Crippen LogP contribution in [0.15, 0.2) is 6.20 Å². The first-order valence-corrected chi connectivity index (χ1v) is 6.34. The number of carbonyl (C=O) groups is 1. The third-order valence-corrected chi connectivity index (χ3v) is 2.95. The number of likely N-dealkylation sites (tertiary alicyclic amines) is 1. The van der Waals surface area contributed by atoms with Crippen LogP contribution in [0.3, 0.4) is 0 Å². The van der Waals surface area contributed by atoms with E-state index in [0.717, 1.165) is 24.5 Å². The number of hydrogen-bond acceptors (Lipinski definition) is 3. The minimum Gasteiger partial charge on any atom is -0.444 e. The van der Waals surface area contributed by atoms with Crippen molar-refractivity contribution >= 4 is 6.09 Å². The number of nitrogens with zero attached hydrogens (tertiary/aromatic N) is 2. The van der Waals surface area contributed by atoms with Gasteiger partial charge >= 0.3 is 6.09 Å². The highest BCUT2D eigenvalue weighted by atomic mass is 16.6. The highest BCUT2D eigenvalue weighted by molar-refractivity contribution is 5.68. The lowest BCUT2D eigenvalue weighted by molar-refractivity contribution is 0.0292. The molecule has 1 aromatic heterocycles.